The lowest BCUT2D eigenvalue weighted by atomic mass is 10.0. The van der Waals surface area contributed by atoms with Gasteiger partial charge in [-0.2, -0.15) is 0 Å². The molecule has 4 rings (SSSR count). The molecule has 0 atom stereocenters. The van der Waals surface area contributed by atoms with Crippen LogP contribution in [0.2, 0.25) is 5.28 Å². The van der Waals surface area contributed by atoms with Crippen molar-refractivity contribution < 1.29 is 4.39 Å². The summed E-state index contributed by atoms with van der Waals surface area (Å²) < 4.78 is 13.1. The number of rotatable bonds is 3. The zero-order chi connectivity index (χ0) is 17.9. The van der Waals surface area contributed by atoms with Gasteiger partial charge in [0, 0.05) is 11.1 Å². The van der Waals surface area contributed by atoms with Crippen LogP contribution in [-0.4, -0.2) is 9.97 Å². The molecule has 4 heteroatoms. The first-order valence-electron chi connectivity index (χ1n) is 8.15. The minimum atomic E-state index is -0.286. The van der Waals surface area contributed by atoms with Crippen molar-refractivity contribution in [1.82, 2.24) is 9.97 Å². The lowest BCUT2D eigenvalue weighted by Gasteiger charge is -2.07. The molecule has 0 aliphatic heterocycles. The van der Waals surface area contributed by atoms with Crippen LogP contribution >= 0.6 is 11.6 Å². The van der Waals surface area contributed by atoms with E-state index in [1.54, 1.807) is 12.1 Å². The number of hydrogen-bond acceptors (Lipinski definition) is 2. The smallest absolute Gasteiger partial charge is 0.218 e. The van der Waals surface area contributed by atoms with E-state index in [2.05, 4.69) is 34.2 Å². The normalized spacial score (nSPS) is 10.7. The van der Waals surface area contributed by atoms with Gasteiger partial charge in [0.1, 0.15) is 5.82 Å². The highest BCUT2D eigenvalue weighted by Gasteiger charge is 2.08. The molecule has 0 saturated carbocycles. The molecule has 0 saturated heterocycles. The van der Waals surface area contributed by atoms with Gasteiger partial charge in [-0.15, -0.1) is 0 Å². The van der Waals surface area contributed by atoms with Gasteiger partial charge in [-0.1, -0.05) is 54.6 Å². The number of benzene rings is 3. The molecular weight excluding hydrogens is 347 g/mol. The van der Waals surface area contributed by atoms with Gasteiger partial charge in [0.2, 0.25) is 5.28 Å². The first kappa shape index (κ1) is 16.4. The monoisotopic (exact) mass is 360 g/mol. The third kappa shape index (κ3) is 3.48. The lowest BCUT2D eigenvalue weighted by molar-refractivity contribution is 0.628. The van der Waals surface area contributed by atoms with Crippen LogP contribution in [0.1, 0.15) is 0 Å². The zero-order valence-corrected chi connectivity index (χ0v) is 14.5. The Morgan fingerprint density at radius 3 is 1.62 bits per heavy atom. The second-order valence-corrected chi connectivity index (χ2v) is 6.20. The van der Waals surface area contributed by atoms with Gasteiger partial charge in [0.05, 0.1) is 11.4 Å². The fourth-order valence-corrected chi connectivity index (χ4v) is 2.98. The van der Waals surface area contributed by atoms with Crippen molar-refractivity contribution in [3.8, 4) is 33.6 Å². The van der Waals surface area contributed by atoms with Gasteiger partial charge in [0.25, 0.3) is 0 Å². The van der Waals surface area contributed by atoms with E-state index in [1.807, 2.05) is 36.4 Å². The summed E-state index contributed by atoms with van der Waals surface area (Å²) in [7, 11) is 0. The molecule has 0 amide bonds. The Hall–Kier alpha value is -3.04. The van der Waals surface area contributed by atoms with E-state index in [9.17, 15) is 4.39 Å². The Kier molecular flexibility index (Phi) is 4.46. The van der Waals surface area contributed by atoms with Gasteiger partial charge >= 0.3 is 0 Å². The minimum absolute atomic E-state index is 0.161. The highest BCUT2D eigenvalue weighted by atomic mass is 35.5. The van der Waals surface area contributed by atoms with Crippen LogP contribution in [0.15, 0.2) is 84.9 Å². The van der Waals surface area contributed by atoms with Gasteiger partial charge in [-0.3, -0.25) is 0 Å². The van der Waals surface area contributed by atoms with Crippen LogP contribution in [0.5, 0.6) is 0 Å². The highest BCUT2D eigenvalue weighted by Crippen LogP contribution is 2.27. The standard InChI is InChI=1S/C22H14ClFN2/c23-22-25-20(14-21(26-22)18-10-12-19(24)13-11-18)17-8-6-16(7-9-17)15-4-2-1-3-5-15/h1-14H. The maximum atomic E-state index is 13.1. The fourth-order valence-electron chi connectivity index (χ4n) is 2.80. The van der Waals surface area contributed by atoms with Gasteiger partial charge in [-0.05, 0) is 53.1 Å². The molecule has 126 valence electrons. The lowest BCUT2D eigenvalue weighted by Crippen LogP contribution is -1.92. The SMILES string of the molecule is Fc1ccc(-c2cc(-c3ccc(-c4ccccc4)cc3)nc(Cl)n2)cc1. The Morgan fingerprint density at radius 1 is 0.577 bits per heavy atom. The molecule has 1 aromatic heterocycles. The second-order valence-electron chi connectivity index (χ2n) is 5.86. The average Bonchev–Trinajstić information content (AvgIpc) is 2.69. The van der Waals surface area contributed by atoms with Crippen molar-refractivity contribution in [3.05, 3.63) is 96.0 Å². The van der Waals surface area contributed by atoms with Crippen LogP contribution in [-0.2, 0) is 0 Å². The third-order valence-corrected chi connectivity index (χ3v) is 4.30. The summed E-state index contributed by atoms with van der Waals surface area (Å²) in [5, 5.41) is 0.161. The van der Waals surface area contributed by atoms with Crippen molar-refractivity contribution in [2.24, 2.45) is 0 Å². The van der Waals surface area contributed by atoms with Crippen LogP contribution in [0, 0.1) is 5.82 Å². The van der Waals surface area contributed by atoms with Crippen LogP contribution in [0.25, 0.3) is 33.6 Å². The number of aromatic nitrogens is 2. The van der Waals surface area contributed by atoms with Crippen molar-refractivity contribution in [2.75, 3.05) is 0 Å². The van der Waals surface area contributed by atoms with E-state index >= 15 is 0 Å². The molecule has 2 nitrogen and oxygen atoms in total. The minimum Gasteiger partial charge on any atom is -0.218 e. The molecule has 0 spiro atoms. The summed E-state index contributed by atoms with van der Waals surface area (Å²) in [6.07, 6.45) is 0. The van der Waals surface area contributed by atoms with E-state index in [0.717, 1.165) is 27.9 Å². The van der Waals surface area contributed by atoms with Crippen molar-refractivity contribution in [1.29, 1.82) is 0 Å². The number of halogens is 2. The summed E-state index contributed by atoms with van der Waals surface area (Å²) in [6, 6.07) is 26.3. The molecule has 0 bridgehead atoms. The zero-order valence-electron chi connectivity index (χ0n) is 13.7. The quantitative estimate of drug-likeness (QED) is 0.402. The van der Waals surface area contributed by atoms with E-state index < -0.39 is 0 Å². The highest BCUT2D eigenvalue weighted by molar-refractivity contribution is 6.28. The number of hydrogen-bond donors (Lipinski definition) is 0. The van der Waals surface area contributed by atoms with Gasteiger partial charge in [-0.25, -0.2) is 14.4 Å². The van der Waals surface area contributed by atoms with E-state index in [0.29, 0.717) is 5.69 Å². The third-order valence-electron chi connectivity index (χ3n) is 4.13. The second kappa shape index (κ2) is 7.06. The van der Waals surface area contributed by atoms with Crippen LogP contribution in [0.3, 0.4) is 0 Å². The predicted molar refractivity (Wildman–Crippen MR) is 103 cm³/mol. The molecule has 1 heterocycles. The van der Waals surface area contributed by atoms with Crippen molar-refractivity contribution in [3.63, 3.8) is 0 Å². The predicted octanol–water partition coefficient (Wildman–Crippen LogP) is 6.27. The molecule has 3 aromatic carbocycles. The van der Waals surface area contributed by atoms with E-state index in [1.165, 1.54) is 12.1 Å². The molecule has 0 fully saturated rings. The van der Waals surface area contributed by atoms with Crippen molar-refractivity contribution >= 4 is 11.6 Å². The van der Waals surface area contributed by atoms with Crippen molar-refractivity contribution in [2.45, 2.75) is 0 Å². The summed E-state index contributed by atoms with van der Waals surface area (Å²) in [5.41, 5.74) is 5.41. The molecule has 0 N–H and O–H groups in total. The Bertz CT molecular complexity index is 1030. The first-order chi connectivity index (χ1) is 12.7. The Balaban J connectivity index is 1.70. The Labute approximate surface area is 156 Å². The van der Waals surface area contributed by atoms with E-state index in [-0.39, 0.29) is 11.1 Å². The van der Waals surface area contributed by atoms with E-state index in [4.69, 9.17) is 11.6 Å². The summed E-state index contributed by atoms with van der Waals surface area (Å²) in [4.78, 5) is 8.59. The maximum absolute atomic E-state index is 13.1. The van der Waals surface area contributed by atoms with Gasteiger partial charge < -0.3 is 0 Å². The van der Waals surface area contributed by atoms with Gasteiger partial charge in [0.15, 0.2) is 0 Å². The maximum Gasteiger partial charge on any atom is 0.223 e. The summed E-state index contributed by atoms with van der Waals surface area (Å²) >= 11 is 6.11. The first-order valence-corrected chi connectivity index (χ1v) is 8.53. The summed E-state index contributed by atoms with van der Waals surface area (Å²) in [6.45, 7) is 0. The molecule has 0 aliphatic rings. The average molecular weight is 361 g/mol. The largest absolute Gasteiger partial charge is 0.223 e. The molecule has 0 unspecified atom stereocenters. The fraction of sp³-hybridized carbons (Fsp3) is 0. The topological polar surface area (TPSA) is 25.8 Å². The van der Waals surface area contributed by atoms with Crippen LogP contribution < -0.4 is 0 Å². The van der Waals surface area contributed by atoms with Crippen LogP contribution in [0.4, 0.5) is 4.39 Å². The molecule has 0 aliphatic carbocycles. The molecular formula is C22H14ClFN2. The molecule has 26 heavy (non-hydrogen) atoms. The molecule has 4 aromatic rings. The Morgan fingerprint density at radius 2 is 1.04 bits per heavy atom. The molecule has 0 radical (unpaired) electrons. The summed E-state index contributed by atoms with van der Waals surface area (Å²) in [5.74, 6) is -0.286. The number of nitrogens with zero attached hydrogens (tertiary/aromatic N) is 2.